The van der Waals surface area contributed by atoms with Gasteiger partial charge in [-0.25, -0.2) is 8.42 Å². The van der Waals surface area contributed by atoms with E-state index in [-0.39, 0.29) is 29.9 Å². The van der Waals surface area contributed by atoms with Gasteiger partial charge in [-0.05, 0) is 12.3 Å². The molecule has 6 nitrogen and oxygen atoms in total. The van der Waals surface area contributed by atoms with Gasteiger partial charge in [-0.15, -0.1) is 0 Å². The topological polar surface area (TPSA) is 83.6 Å². The van der Waals surface area contributed by atoms with Crippen LogP contribution in [-0.2, 0) is 19.4 Å². The second-order valence-corrected chi connectivity index (χ2v) is 8.74. The molecule has 1 saturated heterocycles. The molecule has 7 heteroatoms. The fourth-order valence-corrected chi connectivity index (χ4v) is 3.12. The predicted molar refractivity (Wildman–Crippen MR) is 76.9 cm³/mol. The van der Waals surface area contributed by atoms with Gasteiger partial charge >= 0.3 is 0 Å². The second-order valence-electron chi connectivity index (χ2n) is 6.27. The summed E-state index contributed by atoms with van der Waals surface area (Å²) in [7, 11) is -3.17. The highest BCUT2D eigenvalue weighted by molar-refractivity contribution is 7.91. The fourth-order valence-electron chi connectivity index (χ4n) is 2.35. The maximum atomic E-state index is 12.2. The Labute approximate surface area is 120 Å². The highest BCUT2D eigenvalue weighted by Gasteiger charge is 2.44. The molecule has 2 atom stereocenters. The van der Waals surface area contributed by atoms with Crippen LogP contribution in [0.15, 0.2) is 0 Å². The lowest BCUT2D eigenvalue weighted by molar-refractivity contribution is -0.152. The molecule has 116 valence electrons. The van der Waals surface area contributed by atoms with Crippen LogP contribution in [0, 0.1) is 5.41 Å². The average molecular weight is 304 g/mol. The summed E-state index contributed by atoms with van der Waals surface area (Å²) >= 11 is 0. The van der Waals surface area contributed by atoms with E-state index in [0.29, 0.717) is 0 Å². The average Bonchev–Trinajstić information content (AvgIpc) is 2.30. The van der Waals surface area contributed by atoms with Crippen LogP contribution in [0.25, 0.3) is 0 Å². The van der Waals surface area contributed by atoms with Crippen molar-refractivity contribution in [2.45, 2.75) is 46.7 Å². The van der Waals surface area contributed by atoms with Crippen molar-refractivity contribution in [3.63, 3.8) is 0 Å². The monoisotopic (exact) mass is 304 g/mol. The Kier molecular flexibility index (Phi) is 4.84. The van der Waals surface area contributed by atoms with E-state index in [0.717, 1.165) is 0 Å². The Morgan fingerprint density at radius 2 is 1.80 bits per heavy atom. The summed E-state index contributed by atoms with van der Waals surface area (Å²) in [5, 5.41) is 2.65. The van der Waals surface area contributed by atoms with Crippen LogP contribution in [0.2, 0.25) is 0 Å². The Bertz CT molecular complexity index is 493. The lowest BCUT2D eigenvalue weighted by Gasteiger charge is -2.44. The molecule has 0 aliphatic carbocycles. The molecule has 0 aromatic heterocycles. The minimum atomic E-state index is -3.17. The summed E-state index contributed by atoms with van der Waals surface area (Å²) in [5.41, 5.74) is -0.449. The smallest absolute Gasteiger partial charge is 0.245 e. The zero-order valence-corrected chi connectivity index (χ0v) is 13.6. The Balaban J connectivity index is 3.01. The quantitative estimate of drug-likeness (QED) is 0.803. The van der Waals surface area contributed by atoms with E-state index in [1.807, 2.05) is 20.8 Å². The summed E-state index contributed by atoms with van der Waals surface area (Å²) < 4.78 is 23.3. The van der Waals surface area contributed by atoms with E-state index < -0.39 is 27.3 Å². The molecule has 0 aromatic carbocycles. The third kappa shape index (κ3) is 3.71. The predicted octanol–water partition coefficient (Wildman–Crippen LogP) is 0.183. The number of piperazine rings is 1. The number of amides is 2. The summed E-state index contributed by atoms with van der Waals surface area (Å²) in [6.45, 7) is 8.84. The molecular formula is C13H24N2O4S. The molecule has 2 amide bonds. The molecule has 0 radical (unpaired) electrons. The first-order chi connectivity index (χ1) is 8.99. The molecule has 1 aliphatic rings. The minimum Gasteiger partial charge on any atom is -0.343 e. The lowest BCUT2D eigenvalue weighted by atomic mass is 9.83. The number of sulfone groups is 1. The Morgan fingerprint density at radius 1 is 1.25 bits per heavy atom. The van der Waals surface area contributed by atoms with Crippen LogP contribution >= 0.6 is 0 Å². The van der Waals surface area contributed by atoms with Crippen molar-refractivity contribution >= 4 is 21.7 Å². The first-order valence-corrected chi connectivity index (χ1v) is 8.63. The number of rotatable bonds is 4. The number of carbonyl (C=O) groups excluding carboxylic acids is 2. The molecule has 0 aromatic rings. The van der Waals surface area contributed by atoms with Crippen molar-refractivity contribution in [2.75, 3.05) is 18.1 Å². The van der Waals surface area contributed by atoms with Gasteiger partial charge < -0.3 is 10.2 Å². The zero-order chi connectivity index (χ0) is 15.7. The molecule has 0 spiro atoms. The molecule has 2 unspecified atom stereocenters. The van der Waals surface area contributed by atoms with E-state index in [9.17, 15) is 18.0 Å². The highest BCUT2D eigenvalue weighted by Crippen LogP contribution is 2.27. The third-order valence-corrected chi connectivity index (χ3v) is 5.16. The minimum absolute atomic E-state index is 0.0387. The van der Waals surface area contributed by atoms with Crippen LogP contribution in [0.1, 0.15) is 34.6 Å². The SMILES string of the molecule is CCS(=O)(=O)CCN1C(=O)C(C)NC(=O)C1C(C)(C)C. The maximum absolute atomic E-state index is 12.2. The van der Waals surface area contributed by atoms with E-state index >= 15 is 0 Å². The third-order valence-electron chi connectivity index (χ3n) is 3.48. The van der Waals surface area contributed by atoms with Crippen molar-refractivity contribution in [3.05, 3.63) is 0 Å². The number of nitrogens with zero attached hydrogens (tertiary/aromatic N) is 1. The first kappa shape index (κ1) is 16.9. The highest BCUT2D eigenvalue weighted by atomic mass is 32.2. The normalized spacial score (nSPS) is 24.8. The molecule has 1 N–H and O–H groups in total. The van der Waals surface area contributed by atoms with Gasteiger partial charge in [-0.3, -0.25) is 9.59 Å². The van der Waals surface area contributed by atoms with E-state index in [1.165, 1.54) is 4.90 Å². The van der Waals surface area contributed by atoms with Crippen molar-refractivity contribution in [2.24, 2.45) is 5.41 Å². The van der Waals surface area contributed by atoms with Crippen LogP contribution in [0.4, 0.5) is 0 Å². The summed E-state index contributed by atoms with van der Waals surface area (Å²) in [4.78, 5) is 25.8. The fraction of sp³-hybridized carbons (Fsp3) is 0.846. The van der Waals surface area contributed by atoms with Crippen molar-refractivity contribution in [3.8, 4) is 0 Å². The van der Waals surface area contributed by atoms with Gasteiger partial charge in [0.25, 0.3) is 0 Å². The molecular weight excluding hydrogens is 280 g/mol. The Hall–Kier alpha value is -1.11. The van der Waals surface area contributed by atoms with Crippen LogP contribution in [0.5, 0.6) is 0 Å². The van der Waals surface area contributed by atoms with Gasteiger partial charge in [0.1, 0.15) is 12.1 Å². The van der Waals surface area contributed by atoms with Crippen LogP contribution in [-0.4, -0.2) is 55.3 Å². The van der Waals surface area contributed by atoms with E-state index in [2.05, 4.69) is 5.32 Å². The molecule has 0 bridgehead atoms. The molecule has 1 fully saturated rings. The molecule has 20 heavy (non-hydrogen) atoms. The van der Waals surface area contributed by atoms with E-state index in [1.54, 1.807) is 13.8 Å². The molecule has 1 rings (SSSR count). The number of carbonyl (C=O) groups is 2. The lowest BCUT2D eigenvalue weighted by Crippen LogP contribution is -2.66. The van der Waals surface area contributed by atoms with Crippen LogP contribution < -0.4 is 5.32 Å². The molecule has 1 aliphatic heterocycles. The molecule has 0 saturated carbocycles. The van der Waals surface area contributed by atoms with Gasteiger partial charge in [0.15, 0.2) is 9.84 Å². The maximum Gasteiger partial charge on any atom is 0.245 e. The molecule has 1 heterocycles. The zero-order valence-electron chi connectivity index (χ0n) is 12.8. The Morgan fingerprint density at radius 3 is 2.25 bits per heavy atom. The first-order valence-electron chi connectivity index (χ1n) is 6.81. The largest absolute Gasteiger partial charge is 0.343 e. The standard InChI is InChI=1S/C13H24N2O4S/c1-6-20(18,19)8-7-15-10(13(3,4)5)11(16)14-9(2)12(15)17/h9-10H,6-8H2,1-5H3,(H,14,16). The summed E-state index contributed by atoms with van der Waals surface area (Å²) in [6.07, 6.45) is 0. The summed E-state index contributed by atoms with van der Waals surface area (Å²) in [5.74, 6) is -0.520. The van der Waals surface area contributed by atoms with Gasteiger partial charge in [0.05, 0.1) is 5.75 Å². The van der Waals surface area contributed by atoms with E-state index in [4.69, 9.17) is 0 Å². The van der Waals surface area contributed by atoms with Crippen molar-refractivity contribution < 1.29 is 18.0 Å². The van der Waals surface area contributed by atoms with Gasteiger partial charge in [0.2, 0.25) is 11.8 Å². The van der Waals surface area contributed by atoms with Gasteiger partial charge in [-0.2, -0.15) is 0 Å². The van der Waals surface area contributed by atoms with Gasteiger partial charge in [0, 0.05) is 12.3 Å². The van der Waals surface area contributed by atoms with Crippen LogP contribution in [0.3, 0.4) is 0 Å². The second kappa shape index (κ2) is 5.71. The van der Waals surface area contributed by atoms with Crippen molar-refractivity contribution in [1.29, 1.82) is 0 Å². The van der Waals surface area contributed by atoms with Gasteiger partial charge in [-0.1, -0.05) is 27.7 Å². The number of hydrogen-bond acceptors (Lipinski definition) is 4. The van der Waals surface area contributed by atoms with Crippen molar-refractivity contribution in [1.82, 2.24) is 10.2 Å². The number of nitrogens with one attached hydrogen (secondary N) is 1. The summed E-state index contributed by atoms with van der Waals surface area (Å²) in [6, 6.07) is -1.25. The number of hydrogen-bond donors (Lipinski definition) is 1.